The second kappa shape index (κ2) is 10.7. The minimum absolute atomic E-state index is 0.0522. The molecule has 1 heterocycles. The molecule has 0 saturated heterocycles. The van der Waals surface area contributed by atoms with Crippen molar-refractivity contribution in [1.29, 1.82) is 0 Å². The Morgan fingerprint density at radius 3 is 2.52 bits per heavy atom. The third-order valence-electron chi connectivity index (χ3n) is 5.56. The van der Waals surface area contributed by atoms with Gasteiger partial charge in [0, 0.05) is 50.2 Å². The summed E-state index contributed by atoms with van der Waals surface area (Å²) in [5, 5.41) is 0. The molecule has 1 aliphatic rings. The minimum atomic E-state index is 0.0522. The van der Waals surface area contributed by atoms with Crippen molar-refractivity contribution < 1.29 is 9.53 Å². The van der Waals surface area contributed by atoms with Gasteiger partial charge in [0.05, 0.1) is 6.61 Å². The SMILES string of the molecule is COCCN(CCN(C)C)C(=O)/C=C/c1cc(C)n(C2CCCCC2)c1C. The fraction of sp³-hybridized carbons (Fsp3) is 0.682. The molecule has 1 amide bonds. The summed E-state index contributed by atoms with van der Waals surface area (Å²) < 4.78 is 7.65. The average molecular weight is 376 g/mol. The summed E-state index contributed by atoms with van der Waals surface area (Å²) in [6.07, 6.45) is 10.3. The van der Waals surface area contributed by atoms with Crippen molar-refractivity contribution in [3.05, 3.63) is 29.1 Å². The first-order valence-corrected chi connectivity index (χ1v) is 10.2. The summed E-state index contributed by atoms with van der Waals surface area (Å²) in [5.41, 5.74) is 3.74. The predicted octanol–water partition coefficient (Wildman–Crippen LogP) is 3.66. The molecule has 1 fully saturated rings. The molecule has 0 bridgehead atoms. The number of methoxy groups -OCH3 is 1. The molecule has 0 spiro atoms. The molecule has 1 aromatic rings. The molecule has 152 valence electrons. The first-order valence-electron chi connectivity index (χ1n) is 10.2. The van der Waals surface area contributed by atoms with Crippen molar-refractivity contribution in [1.82, 2.24) is 14.4 Å². The van der Waals surface area contributed by atoms with Crippen molar-refractivity contribution >= 4 is 12.0 Å². The van der Waals surface area contributed by atoms with E-state index < -0.39 is 0 Å². The molecule has 1 aromatic heterocycles. The summed E-state index contributed by atoms with van der Waals surface area (Å²) in [7, 11) is 5.72. The van der Waals surface area contributed by atoms with E-state index in [2.05, 4.69) is 29.4 Å². The monoisotopic (exact) mass is 375 g/mol. The van der Waals surface area contributed by atoms with Crippen LogP contribution in [0.2, 0.25) is 0 Å². The highest BCUT2D eigenvalue weighted by Crippen LogP contribution is 2.32. The largest absolute Gasteiger partial charge is 0.383 e. The lowest BCUT2D eigenvalue weighted by molar-refractivity contribution is -0.126. The van der Waals surface area contributed by atoms with Crippen LogP contribution < -0.4 is 0 Å². The van der Waals surface area contributed by atoms with Crippen LogP contribution in [-0.4, -0.2) is 67.7 Å². The van der Waals surface area contributed by atoms with Crippen LogP contribution >= 0.6 is 0 Å². The van der Waals surface area contributed by atoms with Gasteiger partial charge in [-0.1, -0.05) is 19.3 Å². The second-order valence-electron chi connectivity index (χ2n) is 7.94. The number of hydrogen-bond acceptors (Lipinski definition) is 3. The number of carbonyl (C=O) groups excluding carboxylic acids is 1. The molecule has 0 unspecified atom stereocenters. The van der Waals surface area contributed by atoms with Gasteiger partial charge in [-0.3, -0.25) is 4.79 Å². The zero-order valence-electron chi connectivity index (χ0n) is 17.8. The molecule has 0 radical (unpaired) electrons. The molecule has 0 aliphatic heterocycles. The fourth-order valence-electron chi connectivity index (χ4n) is 3.99. The number of carbonyl (C=O) groups is 1. The van der Waals surface area contributed by atoms with Gasteiger partial charge in [0.25, 0.3) is 0 Å². The number of rotatable bonds is 9. The lowest BCUT2D eigenvalue weighted by Crippen LogP contribution is -2.37. The molecule has 2 rings (SSSR count). The lowest BCUT2D eigenvalue weighted by atomic mass is 9.95. The van der Waals surface area contributed by atoms with E-state index in [1.807, 2.05) is 25.1 Å². The molecule has 27 heavy (non-hydrogen) atoms. The van der Waals surface area contributed by atoms with Crippen molar-refractivity contribution in [2.24, 2.45) is 0 Å². The maximum absolute atomic E-state index is 12.7. The maximum atomic E-state index is 12.7. The van der Waals surface area contributed by atoms with Gasteiger partial charge in [-0.15, -0.1) is 0 Å². The highest BCUT2D eigenvalue weighted by atomic mass is 16.5. The molecule has 0 N–H and O–H groups in total. The van der Waals surface area contributed by atoms with E-state index in [4.69, 9.17) is 4.74 Å². The zero-order valence-corrected chi connectivity index (χ0v) is 17.8. The topological polar surface area (TPSA) is 37.7 Å². The lowest BCUT2D eigenvalue weighted by Gasteiger charge is -2.26. The van der Waals surface area contributed by atoms with Crippen LogP contribution in [0.3, 0.4) is 0 Å². The predicted molar refractivity (Wildman–Crippen MR) is 112 cm³/mol. The normalized spacial score (nSPS) is 15.8. The summed E-state index contributed by atoms with van der Waals surface area (Å²) in [6, 6.07) is 2.84. The van der Waals surface area contributed by atoms with Crippen molar-refractivity contribution in [3.8, 4) is 0 Å². The first kappa shape index (κ1) is 21.7. The number of nitrogens with zero attached hydrogens (tertiary/aromatic N) is 3. The molecule has 0 aromatic carbocycles. The Morgan fingerprint density at radius 1 is 1.19 bits per heavy atom. The van der Waals surface area contributed by atoms with Crippen LogP contribution in [0.1, 0.15) is 55.1 Å². The maximum Gasteiger partial charge on any atom is 0.246 e. The Labute approximate surface area is 165 Å². The Morgan fingerprint density at radius 2 is 1.89 bits per heavy atom. The summed E-state index contributed by atoms with van der Waals surface area (Å²) >= 11 is 0. The number of aryl methyl sites for hydroxylation is 1. The second-order valence-corrected chi connectivity index (χ2v) is 7.94. The van der Waals surface area contributed by atoms with Gasteiger partial charge < -0.3 is 19.1 Å². The molecule has 0 atom stereocenters. The van der Waals surface area contributed by atoms with Gasteiger partial charge in [-0.25, -0.2) is 0 Å². The highest BCUT2D eigenvalue weighted by molar-refractivity contribution is 5.92. The molecular formula is C22H37N3O2. The number of amides is 1. The quantitative estimate of drug-likeness (QED) is 0.618. The van der Waals surface area contributed by atoms with Gasteiger partial charge >= 0.3 is 0 Å². The van der Waals surface area contributed by atoms with Crippen LogP contribution in [0.5, 0.6) is 0 Å². The van der Waals surface area contributed by atoms with E-state index in [-0.39, 0.29) is 5.91 Å². The number of aromatic nitrogens is 1. The van der Waals surface area contributed by atoms with Crippen LogP contribution in [0.4, 0.5) is 0 Å². The van der Waals surface area contributed by atoms with Crippen molar-refractivity contribution in [3.63, 3.8) is 0 Å². The Hall–Kier alpha value is -1.59. The van der Waals surface area contributed by atoms with Gasteiger partial charge in [-0.05, 0) is 58.5 Å². The Bertz CT molecular complexity index is 628. The number of ether oxygens (including phenoxy) is 1. The van der Waals surface area contributed by atoms with Crippen LogP contribution in [-0.2, 0) is 9.53 Å². The molecule has 5 heteroatoms. The van der Waals surface area contributed by atoms with E-state index in [9.17, 15) is 4.79 Å². The Kier molecular flexibility index (Phi) is 8.58. The van der Waals surface area contributed by atoms with Gasteiger partial charge in [0.2, 0.25) is 5.91 Å². The first-order chi connectivity index (χ1) is 12.9. The van der Waals surface area contributed by atoms with E-state index in [1.165, 1.54) is 43.5 Å². The Balaban J connectivity index is 2.09. The van der Waals surface area contributed by atoms with Gasteiger partial charge in [0.1, 0.15) is 0 Å². The molecule has 1 saturated carbocycles. The van der Waals surface area contributed by atoms with Crippen LogP contribution in [0, 0.1) is 13.8 Å². The fourth-order valence-corrected chi connectivity index (χ4v) is 3.99. The minimum Gasteiger partial charge on any atom is -0.383 e. The zero-order chi connectivity index (χ0) is 19.8. The van der Waals surface area contributed by atoms with Crippen LogP contribution in [0.15, 0.2) is 12.1 Å². The highest BCUT2D eigenvalue weighted by Gasteiger charge is 2.19. The molecule has 5 nitrogen and oxygen atoms in total. The standard InChI is InChI=1S/C22H37N3O2/c1-18-17-20(19(2)25(18)21-9-7-6-8-10-21)11-12-22(26)24(15-16-27-5)14-13-23(3)4/h11-12,17,21H,6-10,13-16H2,1-5H3/b12-11+. The van der Waals surface area contributed by atoms with E-state index in [0.29, 0.717) is 25.7 Å². The average Bonchev–Trinajstić information content (AvgIpc) is 2.93. The summed E-state index contributed by atoms with van der Waals surface area (Å²) in [4.78, 5) is 16.7. The molecule has 1 aliphatic carbocycles. The van der Waals surface area contributed by atoms with Gasteiger partial charge in [-0.2, -0.15) is 0 Å². The smallest absolute Gasteiger partial charge is 0.246 e. The van der Waals surface area contributed by atoms with E-state index in [1.54, 1.807) is 13.2 Å². The third-order valence-corrected chi connectivity index (χ3v) is 5.56. The summed E-state index contributed by atoms with van der Waals surface area (Å²) in [6.45, 7) is 7.10. The van der Waals surface area contributed by atoms with Crippen molar-refractivity contribution in [2.75, 3.05) is 47.4 Å². The number of likely N-dealkylation sites (N-methyl/N-ethyl adjacent to an activating group) is 1. The number of hydrogen-bond donors (Lipinski definition) is 0. The van der Waals surface area contributed by atoms with Gasteiger partial charge in [0.15, 0.2) is 0 Å². The van der Waals surface area contributed by atoms with E-state index >= 15 is 0 Å². The third kappa shape index (κ3) is 6.22. The molecular weight excluding hydrogens is 338 g/mol. The summed E-state index contributed by atoms with van der Waals surface area (Å²) in [5.74, 6) is 0.0522. The van der Waals surface area contributed by atoms with Crippen LogP contribution in [0.25, 0.3) is 6.08 Å². The van der Waals surface area contributed by atoms with Crippen molar-refractivity contribution in [2.45, 2.75) is 52.0 Å². The van der Waals surface area contributed by atoms with E-state index in [0.717, 1.165) is 12.1 Å².